The highest BCUT2D eigenvalue weighted by Gasteiger charge is 2.53. The Balaban J connectivity index is 1.57. The molecule has 1 aromatic carbocycles. The summed E-state index contributed by atoms with van der Waals surface area (Å²) in [6.07, 6.45) is 17.7. The Morgan fingerprint density at radius 1 is 1.21 bits per heavy atom. The van der Waals surface area contributed by atoms with Crippen molar-refractivity contribution in [1.29, 1.82) is 5.41 Å². The van der Waals surface area contributed by atoms with Gasteiger partial charge in [-0.3, -0.25) is 4.98 Å². The smallest absolute Gasteiger partial charge is 0.0612 e. The lowest BCUT2D eigenvalue weighted by Gasteiger charge is -2.20. The summed E-state index contributed by atoms with van der Waals surface area (Å²) >= 11 is 0. The Morgan fingerprint density at radius 2 is 2.03 bits per heavy atom. The van der Waals surface area contributed by atoms with Crippen LogP contribution in [0.4, 0.5) is 0 Å². The Morgan fingerprint density at radius 3 is 2.79 bits per heavy atom. The quantitative estimate of drug-likeness (QED) is 0.415. The van der Waals surface area contributed by atoms with Crippen molar-refractivity contribution in [1.82, 2.24) is 4.98 Å². The van der Waals surface area contributed by atoms with Crippen LogP contribution in [0.2, 0.25) is 0 Å². The molecular formula is C27H30N2. The second-order valence-corrected chi connectivity index (χ2v) is 8.57. The lowest BCUT2D eigenvalue weighted by Crippen LogP contribution is -2.09. The van der Waals surface area contributed by atoms with Gasteiger partial charge in [-0.25, -0.2) is 0 Å². The van der Waals surface area contributed by atoms with Crippen molar-refractivity contribution in [3.63, 3.8) is 0 Å². The highest BCUT2D eigenvalue weighted by Crippen LogP contribution is 2.61. The van der Waals surface area contributed by atoms with Gasteiger partial charge in [0.05, 0.1) is 5.71 Å². The fourth-order valence-electron chi connectivity index (χ4n) is 4.42. The number of benzene rings is 1. The van der Waals surface area contributed by atoms with E-state index in [1.807, 2.05) is 36.5 Å². The molecular weight excluding hydrogens is 352 g/mol. The predicted octanol–water partition coefficient (Wildman–Crippen LogP) is 6.79. The van der Waals surface area contributed by atoms with Crippen molar-refractivity contribution in [2.45, 2.75) is 45.4 Å². The zero-order chi connectivity index (χ0) is 20.3. The van der Waals surface area contributed by atoms with Gasteiger partial charge in [0.1, 0.15) is 0 Å². The average Bonchev–Trinajstić information content (AvgIpc) is 3.47. The molecule has 148 valence electrons. The molecule has 1 fully saturated rings. The molecule has 1 N–H and O–H groups in total. The maximum atomic E-state index is 8.68. The number of hydrogen-bond donors (Lipinski definition) is 1. The molecule has 2 aliphatic carbocycles. The number of rotatable bonds is 7. The molecule has 0 aliphatic heterocycles. The summed E-state index contributed by atoms with van der Waals surface area (Å²) in [5, 5.41) is 8.68. The third-order valence-corrected chi connectivity index (χ3v) is 6.40. The van der Waals surface area contributed by atoms with Crippen LogP contribution in [-0.4, -0.2) is 10.7 Å². The summed E-state index contributed by atoms with van der Waals surface area (Å²) in [4.78, 5) is 4.63. The normalized spacial score (nSPS) is 23.9. The van der Waals surface area contributed by atoms with Crippen molar-refractivity contribution in [3.05, 3.63) is 101 Å². The number of allylic oxidation sites excluding steroid dienone is 6. The van der Waals surface area contributed by atoms with Crippen LogP contribution >= 0.6 is 0 Å². The van der Waals surface area contributed by atoms with Crippen LogP contribution < -0.4 is 0 Å². The second-order valence-electron chi connectivity index (χ2n) is 8.57. The fraction of sp³-hybridized carbons (Fsp3) is 0.333. The average molecular weight is 383 g/mol. The number of nitrogens with zero attached hydrogens (tertiary/aromatic N) is 1. The minimum Gasteiger partial charge on any atom is -0.300 e. The summed E-state index contributed by atoms with van der Waals surface area (Å²) in [7, 11) is 0. The number of nitrogens with one attached hydrogen (secondary N) is 1. The number of hydrogen-bond acceptors (Lipinski definition) is 2. The van der Waals surface area contributed by atoms with Crippen molar-refractivity contribution in [2.24, 2.45) is 11.3 Å². The molecule has 1 aromatic heterocycles. The molecule has 1 heterocycles. The zero-order valence-electron chi connectivity index (χ0n) is 17.4. The predicted molar refractivity (Wildman–Crippen MR) is 121 cm³/mol. The second kappa shape index (κ2) is 8.32. The molecule has 2 aromatic rings. The van der Waals surface area contributed by atoms with Crippen LogP contribution in [0.15, 0.2) is 84.6 Å². The first kappa shape index (κ1) is 19.6. The summed E-state index contributed by atoms with van der Waals surface area (Å²) in [6, 6.07) is 14.4. The molecule has 2 heteroatoms. The number of fused-ring (bicyclic) bond motifs is 1. The van der Waals surface area contributed by atoms with E-state index in [1.165, 1.54) is 17.6 Å². The Labute approximate surface area is 174 Å². The molecule has 0 bridgehead atoms. The van der Waals surface area contributed by atoms with E-state index in [-0.39, 0.29) is 5.41 Å². The highest BCUT2D eigenvalue weighted by atomic mass is 14.7. The monoisotopic (exact) mass is 382 g/mol. The molecule has 29 heavy (non-hydrogen) atoms. The van der Waals surface area contributed by atoms with Gasteiger partial charge in [-0.1, -0.05) is 73.2 Å². The third-order valence-electron chi connectivity index (χ3n) is 6.40. The fourth-order valence-corrected chi connectivity index (χ4v) is 4.42. The van der Waals surface area contributed by atoms with Gasteiger partial charge in [-0.15, -0.1) is 0 Å². The molecule has 0 radical (unpaired) electrons. The molecule has 0 spiro atoms. The first-order valence-corrected chi connectivity index (χ1v) is 10.7. The molecule has 2 nitrogen and oxygen atoms in total. The maximum absolute atomic E-state index is 8.68. The zero-order valence-corrected chi connectivity index (χ0v) is 17.4. The van der Waals surface area contributed by atoms with E-state index in [1.54, 1.807) is 0 Å². The van der Waals surface area contributed by atoms with E-state index in [0.29, 0.717) is 17.5 Å². The Bertz CT molecular complexity index is 950. The minimum atomic E-state index is 0.120. The summed E-state index contributed by atoms with van der Waals surface area (Å²) in [5.74, 6) is 0.993. The van der Waals surface area contributed by atoms with Gasteiger partial charge in [-0.2, -0.15) is 0 Å². The van der Waals surface area contributed by atoms with Crippen molar-refractivity contribution < 1.29 is 0 Å². The minimum absolute atomic E-state index is 0.120. The maximum Gasteiger partial charge on any atom is 0.0612 e. The van der Waals surface area contributed by atoms with Gasteiger partial charge < -0.3 is 5.41 Å². The van der Waals surface area contributed by atoms with Gasteiger partial charge >= 0.3 is 0 Å². The number of aryl methyl sites for hydroxylation is 1. The van der Waals surface area contributed by atoms with E-state index in [9.17, 15) is 0 Å². The third kappa shape index (κ3) is 4.32. The molecule has 0 saturated heterocycles. The summed E-state index contributed by atoms with van der Waals surface area (Å²) in [6.45, 7) is 4.35. The standard InChI is InChI=1S/C27H30N2/c1-20-12-15-26(29-19-20)21(2)13-14-23(17-25(28)22-9-5-3-6-10-22)27-16-8-4-7-11-24(27)18-27/h3,5-12,15-17,19,21,24,28H,4,13-14,18H2,1-2H3/b23-17+,28-25?. The van der Waals surface area contributed by atoms with Crippen LogP contribution in [0.1, 0.15) is 55.3 Å². The molecule has 2 aliphatic rings. The Kier molecular flexibility index (Phi) is 5.62. The van der Waals surface area contributed by atoms with Crippen molar-refractivity contribution >= 4 is 5.71 Å². The first-order valence-electron chi connectivity index (χ1n) is 10.7. The van der Waals surface area contributed by atoms with Gasteiger partial charge in [0, 0.05) is 17.3 Å². The molecule has 3 atom stereocenters. The van der Waals surface area contributed by atoms with Gasteiger partial charge in [0.25, 0.3) is 0 Å². The van der Waals surface area contributed by atoms with Crippen molar-refractivity contribution in [3.8, 4) is 0 Å². The van der Waals surface area contributed by atoms with Crippen LogP contribution in [0.5, 0.6) is 0 Å². The van der Waals surface area contributed by atoms with Crippen LogP contribution in [0.25, 0.3) is 0 Å². The Hall–Kier alpha value is -2.74. The highest BCUT2D eigenvalue weighted by molar-refractivity contribution is 6.07. The lowest BCUT2D eigenvalue weighted by atomic mass is 9.85. The summed E-state index contributed by atoms with van der Waals surface area (Å²) < 4.78 is 0. The largest absolute Gasteiger partial charge is 0.300 e. The van der Waals surface area contributed by atoms with Crippen LogP contribution in [0.3, 0.4) is 0 Å². The van der Waals surface area contributed by atoms with E-state index >= 15 is 0 Å². The molecule has 1 saturated carbocycles. The SMILES string of the molecule is Cc1ccc(C(C)CC/C(=C\C(=N)c2ccccc2)C23C=CCC=CC2C3)nc1. The van der Waals surface area contributed by atoms with E-state index in [2.05, 4.69) is 61.3 Å². The van der Waals surface area contributed by atoms with E-state index in [0.717, 1.165) is 30.5 Å². The lowest BCUT2D eigenvalue weighted by molar-refractivity contribution is 0.602. The molecule has 0 amide bonds. The molecule has 4 rings (SSSR count). The van der Waals surface area contributed by atoms with Gasteiger partial charge in [0.15, 0.2) is 0 Å². The van der Waals surface area contributed by atoms with Crippen LogP contribution in [0, 0.1) is 23.7 Å². The molecule has 3 unspecified atom stereocenters. The topological polar surface area (TPSA) is 36.7 Å². The number of pyridine rings is 1. The first-order chi connectivity index (χ1) is 14.1. The van der Waals surface area contributed by atoms with E-state index in [4.69, 9.17) is 5.41 Å². The summed E-state index contributed by atoms with van der Waals surface area (Å²) in [5.41, 5.74) is 5.48. The van der Waals surface area contributed by atoms with Gasteiger partial charge in [0.2, 0.25) is 0 Å². The van der Waals surface area contributed by atoms with E-state index < -0.39 is 0 Å². The van der Waals surface area contributed by atoms with Gasteiger partial charge in [-0.05, 0) is 67.7 Å². The number of aromatic nitrogens is 1. The van der Waals surface area contributed by atoms with Crippen LogP contribution in [-0.2, 0) is 0 Å². The van der Waals surface area contributed by atoms with Crippen molar-refractivity contribution in [2.75, 3.05) is 0 Å².